The smallest absolute Gasteiger partial charge is 0.260 e. The number of ether oxygens (including phenoxy) is 1. The van der Waals surface area contributed by atoms with Gasteiger partial charge < -0.3 is 14.7 Å². The van der Waals surface area contributed by atoms with Crippen LogP contribution in [0.4, 0.5) is 4.39 Å². The third-order valence-corrected chi connectivity index (χ3v) is 4.44. The zero-order valence-electron chi connectivity index (χ0n) is 12.3. The highest BCUT2D eigenvalue weighted by atomic mass is 19.1. The third kappa shape index (κ3) is 3.94. The van der Waals surface area contributed by atoms with Crippen molar-refractivity contribution in [1.82, 2.24) is 4.90 Å². The number of rotatable bonds is 5. The minimum absolute atomic E-state index is 0.0331. The first kappa shape index (κ1) is 15.8. The van der Waals surface area contributed by atoms with Crippen molar-refractivity contribution in [2.75, 3.05) is 26.3 Å². The molecule has 0 bridgehead atoms. The monoisotopic (exact) mass is 295 g/mol. The van der Waals surface area contributed by atoms with Crippen LogP contribution >= 0.6 is 0 Å². The predicted molar refractivity (Wildman–Crippen MR) is 77.5 cm³/mol. The van der Waals surface area contributed by atoms with Gasteiger partial charge in [-0.25, -0.2) is 4.39 Å². The number of hydrogen-bond donors (Lipinski definition) is 1. The fraction of sp³-hybridized carbons (Fsp3) is 0.562. The van der Waals surface area contributed by atoms with E-state index in [-0.39, 0.29) is 30.4 Å². The molecule has 116 valence electrons. The molecule has 1 saturated heterocycles. The summed E-state index contributed by atoms with van der Waals surface area (Å²) in [6.45, 7) is 3.52. The SMILES string of the molecule is CCC1(CO)CCN(C(=O)COc2ccc(F)cc2)CC1. The Balaban J connectivity index is 1.81. The third-order valence-electron chi connectivity index (χ3n) is 4.44. The topological polar surface area (TPSA) is 49.8 Å². The standard InChI is InChI=1S/C16H22FNO3/c1-2-16(12-19)7-9-18(10-8-16)15(20)11-21-14-5-3-13(17)4-6-14/h3-6,19H,2,7-12H2,1H3. The average Bonchev–Trinajstić information content (AvgIpc) is 2.54. The molecule has 2 rings (SSSR count). The number of piperidine rings is 1. The molecule has 4 nitrogen and oxygen atoms in total. The van der Waals surface area contributed by atoms with Crippen molar-refractivity contribution in [3.63, 3.8) is 0 Å². The van der Waals surface area contributed by atoms with E-state index in [0.717, 1.165) is 19.3 Å². The highest BCUT2D eigenvalue weighted by Crippen LogP contribution is 2.34. The van der Waals surface area contributed by atoms with Crippen molar-refractivity contribution < 1.29 is 19.0 Å². The first-order valence-corrected chi connectivity index (χ1v) is 7.35. The van der Waals surface area contributed by atoms with Gasteiger partial charge in [-0.2, -0.15) is 0 Å². The van der Waals surface area contributed by atoms with Gasteiger partial charge in [-0.05, 0) is 48.9 Å². The lowest BCUT2D eigenvalue weighted by Crippen LogP contribution is -2.45. The summed E-state index contributed by atoms with van der Waals surface area (Å²) in [4.78, 5) is 13.9. The second-order valence-corrected chi connectivity index (χ2v) is 5.64. The number of halogens is 1. The van der Waals surface area contributed by atoms with Crippen LogP contribution in [0, 0.1) is 11.2 Å². The Morgan fingerprint density at radius 3 is 2.48 bits per heavy atom. The molecule has 1 aliphatic rings. The van der Waals surface area contributed by atoms with Crippen LogP contribution in [0.3, 0.4) is 0 Å². The number of likely N-dealkylation sites (tertiary alicyclic amines) is 1. The van der Waals surface area contributed by atoms with Gasteiger partial charge in [-0.3, -0.25) is 4.79 Å². The van der Waals surface area contributed by atoms with Crippen molar-refractivity contribution in [3.05, 3.63) is 30.1 Å². The summed E-state index contributed by atoms with van der Waals surface area (Å²) in [6, 6.07) is 5.62. The molecular formula is C16H22FNO3. The molecule has 1 aromatic carbocycles. The summed E-state index contributed by atoms with van der Waals surface area (Å²) in [5.74, 6) is 0.0895. The first-order chi connectivity index (χ1) is 10.1. The van der Waals surface area contributed by atoms with Gasteiger partial charge in [0.05, 0.1) is 0 Å². The molecule has 5 heteroatoms. The number of aliphatic hydroxyl groups is 1. The molecule has 0 spiro atoms. The maximum Gasteiger partial charge on any atom is 0.260 e. The fourth-order valence-electron chi connectivity index (χ4n) is 2.62. The summed E-state index contributed by atoms with van der Waals surface area (Å²) in [5, 5.41) is 9.48. The van der Waals surface area contributed by atoms with E-state index >= 15 is 0 Å². The van der Waals surface area contributed by atoms with Crippen molar-refractivity contribution >= 4 is 5.91 Å². The van der Waals surface area contributed by atoms with Crippen LogP contribution in [-0.2, 0) is 4.79 Å². The van der Waals surface area contributed by atoms with E-state index in [0.29, 0.717) is 18.8 Å². The van der Waals surface area contributed by atoms with Gasteiger partial charge in [0, 0.05) is 19.7 Å². The van der Waals surface area contributed by atoms with E-state index in [1.54, 1.807) is 4.90 Å². The number of nitrogens with zero attached hydrogens (tertiary/aromatic N) is 1. The van der Waals surface area contributed by atoms with Gasteiger partial charge in [0.15, 0.2) is 6.61 Å². The molecule has 0 atom stereocenters. The van der Waals surface area contributed by atoms with Crippen LogP contribution in [-0.4, -0.2) is 42.2 Å². The van der Waals surface area contributed by atoms with Gasteiger partial charge in [0.25, 0.3) is 5.91 Å². The molecule has 0 unspecified atom stereocenters. The molecule has 0 saturated carbocycles. The van der Waals surface area contributed by atoms with Gasteiger partial charge >= 0.3 is 0 Å². The lowest BCUT2D eigenvalue weighted by atomic mass is 9.77. The van der Waals surface area contributed by atoms with Crippen LogP contribution in [0.2, 0.25) is 0 Å². The number of carbonyl (C=O) groups is 1. The Morgan fingerprint density at radius 1 is 1.33 bits per heavy atom. The van der Waals surface area contributed by atoms with E-state index < -0.39 is 0 Å². The van der Waals surface area contributed by atoms with E-state index in [1.807, 2.05) is 0 Å². The molecule has 1 amide bonds. The van der Waals surface area contributed by atoms with Gasteiger partial charge in [-0.15, -0.1) is 0 Å². The Labute approximate surface area is 124 Å². The number of hydrogen-bond acceptors (Lipinski definition) is 3. The highest BCUT2D eigenvalue weighted by molar-refractivity contribution is 5.77. The van der Waals surface area contributed by atoms with Gasteiger partial charge in [0.1, 0.15) is 11.6 Å². The molecule has 1 fully saturated rings. The van der Waals surface area contributed by atoms with Crippen LogP contribution in [0.15, 0.2) is 24.3 Å². The van der Waals surface area contributed by atoms with Crippen LogP contribution in [0.1, 0.15) is 26.2 Å². The van der Waals surface area contributed by atoms with Crippen molar-refractivity contribution in [2.45, 2.75) is 26.2 Å². The maximum atomic E-state index is 12.8. The average molecular weight is 295 g/mol. The highest BCUT2D eigenvalue weighted by Gasteiger charge is 2.33. The van der Waals surface area contributed by atoms with Crippen molar-refractivity contribution in [2.24, 2.45) is 5.41 Å². The normalized spacial score (nSPS) is 17.6. The van der Waals surface area contributed by atoms with Gasteiger partial charge in [0.2, 0.25) is 0 Å². The number of benzene rings is 1. The summed E-state index contributed by atoms with van der Waals surface area (Å²) in [7, 11) is 0. The molecular weight excluding hydrogens is 273 g/mol. The molecule has 1 N–H and O–H groups in total. The minimum atomic E-state index is -0.329. The molecule has 0 radical (unpaired) electrons. The predicted octanol–water partition coefficient (Wildman–Crippen LogP) is 2.22. The quantitative estimate of drug-likeness (QED) is 0.906. The summed E-state index contributed by atoms with van der Waals surface area (Å²) < 4.78 is 18.1. The summed E-state index contributed by atoms with van der Waals surface area (Å²) in [5.41, 5.74) is -0.0331. The molecule has 0 aliphatic carbocycles. The number of aliphatic hydroxyl groups excluding tert-OH is 1. The second kappa shape index (κ2) is 6.89. The first-order valence-electron chi connectivity index (χ1n) is 7.35. The zero-order valence-corrected chi connectivity index (χ0v) is 12.3. The van der Waals surface area contributed by atoms with E-state index in [4.69, 9.17) is 4.74 Å². The number of amides is 1. The van der Waals surface area contributed by atoms with Crippen molar-refractivity contribution in [3.8, 4) is 5.75 Å². The zero-order chi connectivity index (χ0) is 15.3. The lowest BCUT2D eigenvalue weighted by molar-refractivity contribution is -0.136. The Kier molecular flexibility index (Phi) is 5.17. The van der Waals surface area contributed by atoms with Gasteiger partial charge in [-0.1, -0.05) is 6.92 Å². The summed E-state index contributed by atoms with van der Waals surface area (Å²) in [6.07, 6.45) is 2.57. The maximum absolute atomic E-state index is 12.8. The second-order valence-electron chi connectivity index (χ2n) is 5.64. The molecule has 0 aromatic heterocycles. The molecule has 1 heterocycles. The Morgan fingerprint density at radius 2 is 1.95 bits per heavy atom. The van der Waals surface area contributed by atoms with E-state index in [2.05, 4.69) is 6.92 Å². The summed E-state index contributed by atoms with van der Waals surface area (Å²) >= 11 is 0. The van der Waals surface area contributed by atoms with E-state index in [9.17, 15) is 14.3 Å². The number of carbonyl (C=O) groups excluding carboxylic acids is 1. The van der Waals surface area contributed by atoms with E-state index in [1.165, 1.54) is 24.3 Å². The van der Waals surface area contributed by atoms with Crippen LogP contribution in [0.5, 0.6) is 5.75 Å². The lowest BCUT2D eigenvalue weighted by Gasteiger charge is -2.40. The molecule has 1 aliphatic heterocycles. The van der Waals surface area contributed by atoms with Crippen molar-refractivity contribution in [1.29, 1.82) is 0 Å². The largest absolute Gasteiger partial charge is 0.484 e. The molecule has 1 aromatic rings. The Hall–Kier alpha value is -1.62. The van der Waals surface area contributed by atoms with Crippen LogP contribution in [0.25, 0.3) is 0 Å². The Bertz CT molecular complexity index is 461. The minimum Gasteiger partial charge on any atom is -0.484 e. The van der Waals surface area contributed by atoms with Crippen LogP contribution < -0.4 is 4.74 Å². The molecule has 21 heavy (non-hydrogen) atoms. The fourth-order valence-corrected chi connectivity index (χ4v) is 2.62.